The van der Waals surface area contributed by atoms with Gasteiger partial charge in [-0.1, -0.05) is 12.8 Å². The summed E-state index contributed by atoms with van der Waals surface area (Å²) in [5.41, 5.74) is 0. The maximum Gasteiger partial charge on any atom is 0.169 e. The molecular formula is C20H32O4. The van der Waals surface area contributed by atoms with Gasteiger partial charge in [-0.05, 0) is 39.0 Å². The first-order chi connectivity index (χ1) is 11.7. The fraction of sp³-hybridized carbons (Fsp3) is 1.00. The van der Waals surface area contributed by atoms with Gasteiger partial charge in [-0.3, -0.25) is 0 Å². The van der Waals surface area contributed by atoms with Crippen molar-refractivity contribution in [3.05, 3.63) is 0 Å². The van der Waals surface area contributed by atoms with E-state index in [0.717, 1.165) is 38.5 Å². The Labute approximate surface area is 145 Å². The molecule has 0 aromatic heterocycles. The van der Waals surface area contributed by atoms with E-state index in [0.29, 0.717) is 5.92 Å². The Morgan fingerprint density at radius 3 is 1.96 bits per heavy atom. The normalized spacial score (nSPS) is 46.6. The molecule has 2 aliphatic heterocycles. The van der Waals surface area contributed by atoms with Crippen LogP contribution in [0.3, 0.4) is 0 Å². The first kappa shape index (κ1) is 16.0. The second kappa shape index (κ2) is 5.94. The van der Waals surface area contributed by atoms with E-state index in [-0.39, 0.29) is 36.0 Å². The van der Waals surface area contributed by atoms with Gasteiger partial charge < -0.3 is 18.9 Å². The van der Waals surface area contributed by atoms with Crippen molar-refractivity contribution >= 4 is 0 Å². The minimum absolute atomic E-state index is 0.197. The van der Waals surface area contributed by atoms with Gasteiger partial charge in [0.15, 0.2) is 11.6 Å². The maximum absolute atomic E-state index is 6.62. The molecule has 5 unspecified atom stereocenters. The van der Waals surface area contributed by atoms with Crippen LogP contribution < -0.4 is 0 Å². The van der Waals surface area contributed by atoms with Crippen molar-refractivity contribution in [3.63, 3.8) is 0 Å². The van der Waals surface area contributed by atoms with Crippen LogP contribution in [0.4, 0.5) is 0 Å². The van der Waals surface area contributed by atoms with Gasteiger partial charge in [-0.25, -0.2) is 0 Å². The molecule has 3 saturated carbocycles. The zero-order chi connectivity index (χ0) is 16.2. The minimum Gasteiger partial charge on any atom is -0.347 e. The van der Waals surface area contributed by atoms with Gasteiger partial charge in [-0.15, -0.1) is 0 Å². The summed E-state index contributed by atoms with van der Waals surface area (Å²) in [6, 6.07) is 0. The molecule has 2 heterocycles. The molecule has 0 aromatic rings. The topological polar surface area (TPSA) is 36.9 Å². The van der Waals surface area contributed by atoms with Crippen LogP contribution in [0.25, 0.3) is 0 Å². The van der Waals surface area contributed by atoms with E-state index in [4.69, 9.17) is 18.9 Å². The van der Waals surface area contributed by atoms with Crippen molar-refractivity contribution in [2.75, 3.05) is 0 Å². The molecule has 24 heavy (non-hydrogen) atoms. The molecule has 5 aliphatic rings. The second-order valence-corrected chi connectivity index (χ2v) is 8.88. The number of rotatable bonds is 0. The third-order valence-electron chi connectivity index (χ3n) is 7.15. The van der Waals surface area contributed by atoms with Crippen LogP contribution in [0.2, 0.25) is 0 Å². The molecule has 4 heteroatoms. The van der Waals surface area contributed by atoms with E-state index in [1.165, 1.54) is 38.5 Å². The number of fused-ring (bicyclic) bond motifs is 4. The maximum atomic E-state index is 6.62. The zero-order valence-corrected chi connectivity index (χ0v) is 15.0. The Balaban J connectivity index is 1.37. The second-order valence-electron chi connectivity index (χ2n) is 8.88. The third-order valence-corrected chi connectivity index (χ3v) is 7.15. The Kier molecular flexibility index (Phi) is 3.97. The van der Waals surface area contributed by atoms with Crippen LogP contribution >= 0.6 is 0 Å². The molecule has 5 rings (SSSR count). The molecule has 5 atom stereocenters. The first-order valence-corrected chi connectivity index (χ1v) is 10.4. The molecule has 2 spiro atoms. The third kappa shape index (κ3) is 2.65. The lowest BCUT2D eigenvalue weighted by atomic mass is 9.80. The summed E-state index contributed by atoms with van der Waals surface area (Å²) in [4.78, 5) is 0. The van der Waals surface area contributed by atoms with E-state index in [1.807, 2.05) is 0 Å². The molecule has 0 radical (unpaired) electrons. The van der Waals surface area contributed by atoms with Gasteiger partial charge in [0.1, 0.15) is 0 Å². The van der Waals surface area contributed by atoms with Gasteiger partial charge in [-0.2, -0.15) is 0 Å². The van der Waals surface area contributed by atoms with Crippen LogP contribution in [-0.2, 0) is 18.9 Å². The van der Waals surface area contributed by atoms with E-state index >= 15 is 0 Å². The van der Waals surface area contributed by atoms with E-state index in [1.54, 1.807) is 0 Å². The van der Waals surface area contributed by atoms with Gasteiger partial charge in [0, 0.05) is 38.0 Å². The van der Waals surface area contributed by atoms with Crippen LogP contribution in [0.5, 0.6) is 0 Å². The SMILES string of the molecule is CC1OC2(CCCCC2)OC2CC3OC4(CCCCC4)OC3C1C2. The molecule has 4 nitrogen and oxygen atoms in total. The van der Waals surface area contributed by atoms with Crippen LogP contribution in [0.15, 0.2) is 0 Å². The van der Waals surface area contributed by atoms with Crippen molar-refractivity contribution < 1.29 is 18.9 Å². The fourth-order valence-corrected chi connectivity index (χ4v) is 6.00. The molecule has 0 N–H and O–H groups in total. The van der Waals surface area contributed by atoms with Gasteiger partial charge in [0.25, 0.3) is 0 Å². The first-order valence-electron chi connectivity index (χ1n) is 10.4. The van der Waals surface area contributed by atoms with Gasteiger partial charge >= 0.3 is 0 Å². The predicted octanol–water partition coefficient (Wildman–Crippen LogP) is 4.31. The minimum atomic E-state index is -0.321. The molecule has 2 saturated heterocycles. The Bertz CT molecular complexity index is 460. The highest BCUT2D eigenvalue weighted by Crippen LogP contribution is 2.51. The van der Waals surface area contributed by atoms with Crippen LogP contribution in [0.1, 0.15) is 84.0 Å². The Morgan fingerprint density at radius 2 is 1.29 bits per heavy atom. The summed E-state index contributed by atoms with van der Waals surface area (Å²) in [5, 5.41) is 0. The molecule has 2 bridgehead atoms. The smallest absolute Gasteiger partial charge is 0.169 e. The average Bonchev–Trinajstić information content (AvgIpc) is 2.87. The van der Waals surface area contributed by atoms with E-state index in [9.17, 15) is 0 Å². The monoisotopic (exact) mass is 336 g/mol. The quantitative estimate of drug-likeness (QED) is 0.661. The van der Waals surface area contributed by atoms with Gasteiger partial charge in [0.2, 0.25) is 0 Å². The summed E-state index contributed by atoms with van der Waals surface area (Å²) in [6.45, 7) is 2.24. The summed E-state index contributed by atoms with van der Waals surface area (Å²) >= 11 is 0. The fourth-order valence-electron chi connectivity index (χ4n) is 6.00. The number of ether oxygens (including phenoxy) is 4. The summed E-state index contributed by atoms with van der Waals surface area (Å²) in [7, 11) is 0. The zero-order valence-electron chi connectivity index (χ0n) is 15.0. The lowest BCUT2D eigenvalue weighted by molar-refractivity contribution is -0.280. The largest absolute Gasteiger partial charge is 0.347 e. The summed E-state index contributed by atoms with van der Waals surface area (Å²) in [6.07, 6.45) is 14.8. The molecule has 3 aliphatic carbocycles. The highest BCUT2D eigenvalue weighted by Gasteiger charge is 2.57. The predicted molar refractivity (Wildman–Crippen MR) is 89.5 cm³/mol. The van der Waals surface area contributed by atoms with Gasteiger partial charge in [0.05, 0.1) is 24.4 Å². The van der Waals surface area contributed by atoms with Crippen molar-refractivity contribution in [1.82, 2.24) is 0 Å². The molecule has 136 valence electrons. The molecule has 0 amide bonds. The molecule has 0 aromatic carbocycles. The highest BCUT2D eigenvalue weighted by atomic mass is 16.8. The van der Waals surface area contributed by atoms with E-state index in [2.05, 4.69) is 6.92 Å². The summed E-state index contributed by atoms with van der Waals surface area (Å²) in [5.74, 6) is -0.197. The number of hydrogen-bond acceptors (Lipinski definition) is 4. The van der Waals surface area contributed by atoms with Crippen molar-refractivity contribution in [2.45, 2.75) is 120 Å². The lowest BCUT2D eigenvalue weighted by Gasteiger charge is -2.39. The van der Waals surface area contributed by atoms with Crippen LogP contribution in [-0.4, -0.2) is 36.0 Å². The van der Waals surface area contributed by atoms with E-state index < -0.39 is 0 Å². The number of hydrogen-bond donors (Lipinski definition) is 0. The Morgan fingerprint density at radius 1 is 0.667 bits per heavy atom. The van der Waals surface area contributed by atoms with Crippen molar-refractivity contribution in [1.29, 1.82) is 0 Å². The average molecular weight is 336 g/mol. The molecule has 5 fully saturated rings. The Hall–Kier alpha value is -0.160. The standard InChI is InChI=1S/C20H32O4/c1-14-16-12-15(22-19(21-14)8-4-2-5-9-19)13-17-18(16)24-20(23-17)10-6-3-7-11-20/h14-18H,2-13H2,1H3. The lowest BCUT2D eigenvalue weighted by Crippen LogP contribution is -2.44. The molecular weight excluding hydrogens is 304 g/mol. The van der Waals surface area contributed by atoms with Crippen molar-refractivity contribution in [2.24, 2.45) is 5.92 Å². The van der Waals surface area contributed by atoms with Crippen LogP contribution in [0, 0.1) is 5.92 Å². The van der Waals surface area contributed by atoms with Crippen molar-refractivity contribution in [3.8, 4) is 0 Å². The summed E-state index contributed by atoms with van der Waals surface area (Å²) < 4.78 is 26.4. The highest BCUT2D eigenvalue weighted by molar-refractivity contribution is 5.00.